The molecule has 122 valence electrons. The molecule has 1 saturated carbocycles. The number of Topliss-reactive ketones (excluding diaryl/α,β-unsaturated/α-hetero) is 1. The van der Waals surface area contributed by atoms with E-state index in [-0.39, 0.29) is 10.6 Å². The third-order valence-electron chi connectivity index (χ3n) is 4.00. The Morgan fingerprint density at radius 1 is 1.14 bits per heavy atom. The van der Waals surface area contributed by atoms with Crippen LogP contribution >= 0.6 is 31.9 Å². The summed E-state index contributed by atoms with van der Waals surface area (Å²) < 4.78 is 3.95. The monoisotopic (exact) mass is 424 g/mol. The van der Waals surface area contributed by atoms with Crippen molar-refractivity contribution in [3.05, 3.63) is 0 Å². The standard InChI is InChI=1S/C16H26Br2O3/c1-2-21-15(20)16(18)12-10-8-6-4-3-5-7-9-11-13(17)14(16)19/h13H,2-12H2,1H3/t13-,16-/m1/s1. The van der Waals surface area contributed by atoms with Gasteiger partial charge in [-0.05, 0) is 19.8 Å². The van der Waals surface area contributed by atoms with Gasteiger partial charge in [-0.25, -0.2) is 0 Å². The van der Waals surface area contributed by atoms with Crippen LogP contribution in [0.15, 0.2) is 0 Å². The van der Waals surface area contributed by atoms with Crippen molar-refractivity contribution in [2.75, 3.05) is 6.61 Å². The molecule has 0 N–H and O–H groups in total. The lowest BCUT2D eigenvalue weighted by molar-refractivity contribution is -0.149. The molecule has 0 bridgehead atoms. The molecular formula is C16H26Br2O3. The van der Waals surface area contributed by atoms with Crippen molar-refractivity contribution in [1.29, 1.82) is 0 Å². The minimum atomic E-state index is -1.18. The summed E-state index contributed by atoms with van der Waals surface area (Å²) in [5, 5.41) is 0. The molecule has 0 unspecified atom stereocenters. The predicted molar refractivity (Wildman–Crippen MR) is 92.2 cm³/mol. The van der Waals surface area contributed by atoms with Gasteiger partial charge >= 0.3 is 5.97 Å². The maximum absolute atomic E-state index is 12.7. The van der Waals surface area contributed by atoms with Gasteiger partial charge in [0.2, 0.25) is 0 Å². The molecule has 1 aliphatic rings. The van der Waals surface area contributed by atoms with E-state index in [1.54, 1.807) is 6.92 Å². The Balaban J connectivity index is 2.81. The van der Waals surface area contributed by atoms with E-state index in [0.717, 1.165) is 32.1 Å². The zero-order valence-corrected chi connectivity index (χ0v) is 16.0. The second-order valence-corrected chi connectivity index (χ2v) is 8.18. The van der Waals surface area contributed by atoms with Crippen molar-refractivity contribution in [3.63, 3.8) is 0 Å². The fourth-order valence-electron chi connectivity index (χ4n) is 2.70. The number of carbonyl (C=O) groups excluding carboxylic acids is 2. The first-order valence-electron chi connectivity index (χ1n) is 8.07. The average molecular weight is 426 g/mol. The summed E-state index contributed by atoms with van der Waals surface area (Å²) in [7, 11) is 0. The van der Waals surface area contributed by atoms with Gasteiger partial charge in [0.15, 0.2) is 10.1 Å². The maximum atomic E-state index is 12.7. The fourth-order valence-corrected chi connectivity index (χ4v) is 4.40. The Labute approximate surface area is 144 Å². The molecule has 0 aliphatic heterocycles. The van der Waals surface area contributed by atoms with Crippen LogP contribution in [-0.2, 0) is 14.3 Å². The maximum Gasteiger partial charge on any atom is 0.330 e. The number of esters is 1. The molecular weight excluding hydrogens is 400 g/mol. The molecule has 5 heteroatoms. The largest absolute Gasteiger partial charge is 0.465 e. The SMILES string of the molecule is CCOC(=O)[C@@]1(Br)CCCCCCCCCC[C@@H](Br)C1=O. The lowest BCUT2D eigenvalue weighted by Crippen LogP contribution is -2.46. The van der Waals surface area contributed by atoms with Gasteiger partial charge < -0.3 is 4.74 Å². The Morgan fingerprint density at radius 2 is 1.67 bits per heavy atom. The molecule has 0 saturated heterocycles. The summed E-state index contributed by atoms with van der Waals surface area (Å²) in [5.41, 5.74) is 0. The molecule has 0 aromatic carbocycles. The van der Waals surface area contributed by atoms with Gasteiger partial charge in [-0.2, -0.15) is 0 Å². The highest BCUT2D eigenvalue weighted by Gasteiger charge is 2.46. The van der Waals surface area contributed by atoms with Gasteiger partial charge in [-0.1, -0.05) is 83.2 Å². The molecule has 1 fully saturated rings. The zero-order valence-electron chi connectivity index (χ0n) is 12.8. The van der Waals surface area contributed by atoms with Crippen molar-refractivity contribution in [3.8, 4) is 0 Å². The van der Waals surface area contributed by atoms with Crippen LogP contribution in [-0.4, -0.2) is 27.5 Å². The second kappa shape index (κ2) is 9.98. The van der Waals surface area contributed by atoms with Gasteiger partial charge in [0.25, 0.3) is 0 Å². The van der Waals surface area contributed by atoms with Crippen molar-refractivity contribution < 1.29 is 14.3 Å². The fraction of sp³-hybridized carbons (Fsp3) is 0.875. The highest BCUT2D eigenvalue weighted by Crippen LogP contribution is 2.33. The summed E-state index contributed by atoms with van der Waals surface area (Å²) in [5.74, 6) is -0.519. The van der Waals surface area contributed by atoms with E-state index >= 15 is 0 Å². The highest BCUT2D eigenvalue weighted by molar-refractivity contribution is 9.11. The smallest absolute Gasteiger partial charge is 0.330 e. The minimum Gasteiger partial charge on any atom is -0.465 e. The molecule has 0 amide bonds. The van der Waals surface area contributed by atoms with Crippen molar-refractivity contribution in [2.24, 2.45) is 0 Å². The van der Waals surface area contributed by atoms with E-state index in [0.29, 0.717) is 13.0 Å². The summed E-state index contributed by atoms with van der Waals surface area (Å²) >= 11 is 6.89. The van der Waals surface area contributed by atoms with Crippen molar-refractivity contribution in [2.45, 2.75) is 80.3 Å². The number of ketones is 1. The molecule has 1 rings (SSSR count). The molecule has 1 aliphatic carbocycles. The summed E-state index contributed by atoms with van der Waals surface area (Å²) in [6.45, 7) is 2.07. The normalized spacial score (nSPS) is 29.9. The lowest BCUT2D eigenvalue weighted by atomic mass is 9.93. The van der Waals surface area contributed by atoms with Gasteiger partial charge in [0, 0.05) is 0 Å². The van der Waals surface area contributed by atoms with E-state index in [1.165, 1.54) is 25.7 Å². The first-order valence-corrected chi connectivity index (χ1v) is 9.77. The Morgan fingerprint density at radius 3 is 2.24 bits per heavy atom. The number of carbonyl (C=O) groups is 2. The van der Waals surface area contributed by atoms with Crippen LogP contribution < -0.4 is 0 Å². The Hall–Kier alpha value is 0.1000. The number of hydrogen-bond acceptors (Lipinski definition) is 3. The highest BCUT2D eigenvalue weighted by atomic mass is 79.9. The van der Waals surface area contributed by atoms with E-state index in [9.17, 15) is 9.59 Å². The third kappa shape index (κ3) is 6.01. The minimum absolute atomic E-state index is 0.0832. The molecule has 0 heterocycles. The molecule has 0 spiro atoms. The zero-order chi connectivity index (χ0) is 15.7. The van der Waals surface area contributed by atoms with E-state index in [4.69, 9.17) is 4.74 Å². The first kappa shape index (κ1) is 19.1. The summed E-state index contributed by atoms with van der Waals surface area (Å²) in [6.07, 6.45) is 10.4. The van der Waals surface area contributed by atoms with Gasteiger partial charge in [-0.15, -0.1) is 0 Å². The van der Waals surface area contributed by atoms with Gasteiger partial charge in [0.1, 0.15) is 0 Å². The average Bonchev–Trinajstić information content (AvgIpc) is 2.48. The summed E-state index contributed by atoms with van der Waals surface area (Å²) in [4.78, 5) is 24.7. The lowest BCUT2D eigenvalue weighted by Gasteiger charge is -2.26. The van der Waals surface area contributed by atoms with Crippen molar-refractivity contribution in [1.82, 2.24) is 0 Å². The first-order chi connectivity index (χ1) is 10.0. The van der Waals surface area contributed by atoms with E-state index in [2.05, 4.69) is 31.9 Å². The van der Waals surface area contributed by atoms with E-state index in [1.807, 2.05) is 0 Å². The topological polar surface area (TPSA) is 43.4 Å². The predicted octanol–water partition coefficient (Wildman–Crippen LogP) is 4.93. The van der Waals surface area contributed by atoms with Gasteiger partial charge in [-0.3, -0.25) is 9.59 Å². The van der Waals surface area contributed by atoms with Crippen molar-refractivity contribution >= 4 is 43.6 Å². The van der Waals surface area contributed by atoms with Gasteiger partial charge in [0.05, 0.1) is 11.4 Å². The van der Waals surface area contributed by atoms with Crippen LogP contribution in [0, 0.1) is 0 Å². The number of halogens is 2. The summed E-state index contributed by atoms with van der Waals surface area (Å²) in [6, 6.07) is 0. The molecule has 3 nitrogen and oxygen atoms in total. The van der Waals surface area contributed by atoms with Crippen LogP contribution in [0.25, 0.3) is 0 Å². The number of ether oxygens (including phenoxy) is 1. The van der Waals surface area contributed by atoms with Crippen LogP contribution in [0.4, 0.5) is 0 Å². The van der Waals surface area contributed by atoms with Crippen LogP contribution in [0.2, 0.25) is 0 Å². The number of rotatable bonds is 2. The number of alkyl halides is 2. The second-order valence-electron chi connectivity index (χ2n) is 5.72. The van der Waals surface area contributed by atoms with Crippen LogP contribution in [0.3, 0.4) is 0 Å². The molecule has 2 atom stereocenters. The van der Waals surface area contributed by atoms with Crippen LogP contribution in [0.5, 0.6) is 0 Å². The molecule has 0 radical (unpaired) electrons. The Bertz CT molecular complexity index is 346. The quantitative estimate of drug-likeness (QED) is 0.357. The Kier molecular flexibility index (Phi) is 9.10. The molecule has 0 aromatic rings. The molecule has 21 heavy (non-hydrogen) atoms. The van der Waals surface area contributed by atoms with Crippen LogP contribution in [0.1, 0.15) is 71.1 Å². The number of hydrogen-bond donors (Lipinski definition) is 0. The molecule has 0 aromatic heterocycles. The van der Waals surface area contributed by atoms with E-state index < -0.39 is 10.3 Å². The third-order valence-corrected chi connectivity index (χ3v) is 5.99.